The molecule has 2 amide bonds. The van der Waals surface area contributed by atoms with Gasteiger partial charge in [-0.05, 0) is 42.5 Å². The second-order valence-corrected chi connectivity index (χ2v) is 5.68. The zero-order valence-corrected chi connectivity index (χ0v) is 13.5. The second kappa shape index (κ2) is 6.74. The Kier molecular flexibility index (Phi) is 4.95. The highest BCUT2D eigenvalue weighted by molar-refractivity contribution is 8.18. The number of carbonyl (C=O) groups is 3. The Morgan fingerprint density at radius 3 is 2.61 bits per heavy atom. The van der Waals surface area contributed by atoms with Crippen molar-refractivity contribution in [3.63, 3.8) is 0 Å². The van der Waals surface area contributed by atoms with E-state index in [-0.39, 0.29) is 10.7 Å². The van der Waals surface area contributed by atoms with E-state index in [0.717, 1.165) is 16.7 Å². The molecule has 1 fully saturated rings. The average molecular weight is 337 g/mol. The summed E-state index contributed by atoms with van der Waals surface area (Å²) in [5.41, 5.74) is 0.527. The molecule has 122 valence electrons. The molecule has 1 saturated heterocycles. The SMILES string of the molecule is COC(=O)[C@H](C)N1C(=O)S/C(=C/c2ccc(OC)c(O)c2)C1=O. The molecule has 1 aromatic carbocycles. The van der Waals surface area contributed by atoms with Gasteiger partial charge in [-0.2, -0.15) is 0 Å². The summed E-state index contributed by atoms with van der Waals surface area (Å²) >= 11 is 0.727. The summed E-state index contributed by atoms with van der Waals surface area (Å²) in [5.74, 6) is -1.03. The summed E-state index contributed by atoms with van der Waals surface area (Å²) in [6.07, 6.45) is 1.47. The van der Waals surface area contributed by atoms with Crippen LogP contribution in [0.25, 0.3) is 6.08 Å². The maximum atomic E-state index is 12.3. The Balaban J connectivity index is 2.28. The average Bonchev–Trinajstić information content (AvgIpc) is 2.80. The number of thioether (sulfide) groups is 1. The van der Waals surface area contributed by atoms with Crippen LogP contribution in [0.5, 0.6) is 11.5 Å². The van der Waals surface area contributed by atoms with Gasteiger partial charge in [0.15, 0.2) is 11.5 Å². The fraction of sp³-hybridized carbons (Fsp3) is 0.267. The van der Waals surface area contributed by atoms with Crippen LogP contribution < -0.4 is 4.74 Å². The lowest BCUT2D eigenvalue weighted by molar-refractivity contribution is -0.148. The molecule has 1 aliphatic heterocycles. The van der Waals surface area contributed by atoms with Crippen molar-refractivity contribution in [1.82, 2.24) is 4.90 Å². The number of nitrogens with zero attached hydrogens (tertiary/aromatic N) is 1. The molecule has 0 radical (unpaired) electrons. The van der Waals surface area contributed by atoms with Crippen LogP contribution >= 0.6 is 11.8 Å². The number of hydrogen-bond donors (Lipinski definition) is 1. The first-order valence-electron chi connectivity index (χ1n) is 6.61. The van der Waals surface area contributed by atoms with Crippen LogP contribution in [0.15, 0.2) is 23.1 Å². The molecular formula is C15H15NO6S. The van der Waals surface area contributed by atoms with E-state index in [1.165, 1.54) is 33.3 Å². The van der Waals surface area contributed by atoms with Crippen molar-refractivity contribution in [1.29, 1.82) is 0 Å². The van der Waals surface area contributed by atoms with Crippen molar-refractivity contribution in [3.05, 3.63) is 28.7 Å². The van der Waals surface area contributed by atoms with Crippen LogP contribution in [0.3, 0.4) is 0 Å². The number of benzene rings is 1. The molecule has 1 aliphatic rings. The lowest BCUT2D eigenvalue weighted by Crippen LogP contribution is -2.42. The largest absolute Gasteiger partial charge is 0.504 e. The summed E-state index contributed by atoms with van der Waals surface area (Å²) in [4.78, 5) is 36.8. The van der Waals surface area contributed by atoms with E-state index in [1.54, 1.807) is 12.1 Å². The van der Waals surface area contributed by atoms with E-state index >= 15 is 0 Å². The predicted molar refractivity (Wildman–Crippen MR) is 83.9 cm³/mol. The normalized spacial score (nSPS) is 17.5. The van der Waals surface area contributed by atoms with Crippen LogP contribution in [0.1, 0.15) is 12.5 Å². The molecule has 0 unspecified atom stereocenters. The van der Waals surface area contributed by atoms with Crippen molar-refractivity contribution in [2.45, 2.75) is 13.0 Å². The van der Waals surface area contributed by atoms with Gasteiger partial charge >= 0.3 is 5.97 Å². The highest BCUT2D eigenvalue weighted by atomic mass is 32.2. The Morgan fingerprint density at radius 2 is 2.04 bits per heavy atom. The zero-order valence-electron chi connectivity index (χ0n) is 12.7. The first kappa shape index (κ1) is 16.9. The predicted octanol–water partition coefficient (Wildman–Crippen LogP) is 2.00. The summed E-state index contributed by atoms with van der Waals surface area (Å²) < 4.78 is 9.49. The highest BCUT2D eigenvalue weighted by Crippen LogP contribution is 2.35. The smallest absolute Gasteiger partial charge is 0.328 e. The molecule has 1 atom stereocenters. The van der Waals surface area contributed by atoms with Gasteiger partial charge in [0, 0.05) is 0 Å². The molecule has 0 aromatic heterocycles. The molecule has 0 aliphatic carbocycles. The first-order valence-corrected chi connectivity index (χ1v) is 7.42. The maximum Gasteiger partial charge on any atom is 0.328 e. The number of carbonyl (C=O) groups excluding carboxylic acids is 3. The van der Waals surface area contributed by atoms with Crippen LogP contribution in [0.2, 0.25) is 0 Å². The van der Waals surface area contributed by atoms with Crippen molar-refractivity contribution < 1.29 is 29.0 Å². The summed E-state index contributed by atoms with van der Waals surface area (Å²) in [7, 11) is 2.61. The summed E-state index contributed by atoms with van der Waals surface area (Å²) in [5, 5.41) is 9.20. The fourth-order valence-corrected chi connectivity index (χ4v) is 2.95. The van der Waals surface area contributed by atoms with E-state index in [4.69, 9.17) is 4.74 Å². The minimum Gasteiger partial charge on any atom is -0.504 e. The molecular weight excluding hydrogens is 322 g/mol. The number of methoxy groups -OCH3 is 2. The number of esters is 1. The topological polar surface area (TPSA) is 93.1 Å². The van der Waals surface area contributed by atoms with Crippen LogP contribution in [-0.2, 0) is 14.3 Å². The third-order valence-electron chi connectivity index (χ3n) is 3.25. The summed E-state index contributed by atoms with van der Waals surface area (Å²) in [6.45, 7) is 1.42. The third kappa shape index (κ3) is 3.31. The maximum absolute atomic E-state index is 12.3. The van der Waals surface area contributed by atoms with E-state index in [1.807, 2.05) is 0 Å². The number of amides is 2. The molecule has 7 nitrogen and oxygen atoms in total. The van der Waals surface area contributed by atoms with Crippen molar-refractivity contribution >= 4 is 35.0 Å². The zero-order chi connectivity index (χ0) is 17.1. The van der Waals surface area contributed by atoms with E-state index < -0.39 is 23.2 Å². The number of ether oxygens (including phenoxy) is 2. The standard InChI is InChI=1S/C15H15NO6S/c1-8(14(19)22-3)16-13(18)12(23-15(16)20)7-9-4-5-11(21-2)10(17)6-9/h4-8,17H,1-3H3/b12-7+/t8-/m0/s1. The van der Waals surface area contributed by atoms with Crippen LogP contribution in [0.4, 0.5) is 4.79 Å². The van der Waals surface area contributed by atoms with Gasteiger partial charge in [0.25, 0.3) is 11.1 Å². The Hall–Kier alpha value is -2.48. The number of aromatic hydroxyl groups is 1. The van der Waals surface area contributed by atoms with Gasteiger partial charge in [-0.15, -0.1) is 0 Å². The third-order valence-corrected chi connectivity index (χ3v) is 4.14. The molecule has 23 heavy (non-hydrogen) atoms. The number of phenols is 1. The van der Waals surface area contributed by atoms with Crippen molar-refractivity contribution in [2.24, 2.45) is 0 Å². The van der Waals surface area contributed by atoms with Crippen LogP contribution in [-0.4, -0.2) is 47.4 Å². The fourth-order valence-electron chi connectivity index (χ4n) is 2.04. The highest BCUT2D eigenvalue weighted by Gasteiger charge is 2.41. The van der Waals surface area contributed by atoms with Crippen molar-refractivity contribution in [3.8, 4) is 11.5 Å². The monoisotopic (exact) mass is 337 g/mol. The molecule has 0 saturated carbocycles. The molecule has 0 bridgehead atoms. The number of rotatable bonds is 4. The van der Waals surface area contributed by atoms with Gasteiger partial charge in [0.2, 0.25) is 0 Å². The van der Waals surface area contributed by atoms with Gasteiger partial charge in [-0.1, -0.05) is 6.07 Å². The second-order valence-electron chi connectivity index (χ2n) is 4.68. The molecule has 2 rings (SSSR count). The minimum absolute atomic E-state index is 0.0802. The van der Waals surface area contributed by atoms with E-state index in [9.17, 15) is 19.5 Å². The lowest BCUT2D eigenvalue weighted by Gasteiger charge is -2.18. The Labute approximate surface area is 136 Å². The van der Waals surface area contributed by atoms with Crippen molar-refractivity contribution in [2.75, 3.05) is 14.2 Å². The molecule has 8 heteroatoms. The van der Waals surface area contributed by atoms with E-state index in [2.05, 4.69) is 4.74 Å². The summed E-state index contributed by atoms with van der Waals surface area (Å²) in [6, 6.07) is 3.60. The molecule has 1 aromatic rings. The number of imide groups is 1. The van der Waals surface area contributed by atoms with E-state index in [0.29, 0.717) is 11.3 Å². The van der Waals surface area contributed by atoms with Gasteiger partial charge < -0.3 is 14.6 Å². The van der Waals surface area contributed by atoms with Gasteiger partial charge in [-0.3, -0.25) is 14.5 Å². The Bertz CT molecular complexity index is 699. The van der Waals surface area contributed by atoms with Crippen LogP contribution in [0, 0.1) is 0 Å². The first-order chi connectivity index (χ1) is 10.9. The molecule has 0 spiro atoms. The number of hydrogen-bond acceptors (Lipinski definition) is 7. The van der Waals surface area contributed by atoms with Gasteiger partial charge in [0.05, 0.1) is 19.1 Å². The number of phenolic OH excluding ortho intramolecular Hbond substituents is 1. The lowest BCUT2D eigenvalue weighted by atomic mass is 10.2. The van der Waals surface area contributed by atoms with Gasteiger partial charge in [-0.25, -0.2) is 4.79 Å². The molecule has 1 heterocycles. The van der Waals surface area contributed by atoms with Gasteiger partial charge in [0.1, 0.15) is 6.04 Å². The minimum atomic E-state index is -0.998. The quantitative estimate of drug-likeness (QED) is 0.663. The Morgan fingerprint density at radius 1 is 1.35 bits per heavy atom. The molecule has 1 N–H and O–H groups in total.